The highest BCUT2D eigenvalue weighted by Gasteiger charge is 2.42. The molecular formula is C26H19N2O+. The summed E-state index contributed by atoms with van der Waals surface area (Å²) in [5.74, 6) is 6.41. The van der Waals surface area contributed by atoms with Crippen LogP contribution < -0.4 is 4.48 Å². The summed E-state index contributed by atoms with van der Waals surface area (Å²) < 4.78 is 0.447. The van der Waals surface area contributed by atoms with E-state index in [0.717, 1.165) is 39.4 Å². The minimum Gasteiger partial charge on any atom is -0.355 e. The lowest BCUT2D eigenvalue weighted by atomic mass is 9.91. The number of carbonyl (C=O) groups is 1. The molecule has 1 aromatic heterocycles. The molecule has 0 spiro atoms. The first-order chi connectivity index (χ1) is 14.2. The number of aromatic nitrogens is 1. The zero-order valence-electron chi connectivity index (χ0n) is 16.0. The molecule has 3 nitrogen and oxygen atoms in total. The topological polar surface area (TPSA) is 32.9 Å². The van der Waals surface area contributed by atoms with Crippen LogP contribution in [0.4, 0.5) is 17.1 Å². The molecule has 0 radical (unpaired) electrons. The van der Waals surface area contributed by atoms with E-state index in [2.05, 4.69) is 36.0 Å². The standard InChI is InChI=1S/C26H19N2O/c1-28(21-16-13-19(14-17-21)12-15-20-7-6-18-27-20)24-10-4-2-8-22(24)26(29)23-9-3-5-11-25(23)28/h2-11,13-14,16-18,27H,1H3/q+1. The van der Waals surface area contributed by atoms with Crippen LogP contribution in [-0.4, -0.2) is 17.8 Å². The minimum atomic E-state index is 0.0836. The van der Waals surface area contributed by atoms with Gasteiger partial charge in [-0.1, -0.05) is 30.2 Å². The smallest absolute Gasteiger partial charge is 0.205 e. The van der Waals surface area contributed by atoms with Crippen molar-refractivity contribution >= 4 is 22.8 Å². The van der Waals surface area contributed by atoms with Crippen molar-refractivity contribution in [2.75, 3.05) is 7.05 Å². The average Bonchev–Trinajstić information content (AvgIpc) is 3.30. The van der Waals surface area contributed by atoms with Gasteiger partial charge >= 0.3 is 0 Å². The summed E-state index contributed by atoms with van der Waals surface area (Å²) in [6.45, 7) is 0. The number of aromatic amines is 1. The van der Waals surface area contributed by atoms with Crippen LogP contribution in [0.25, 0.3) is 0 Å². The Balaban J connectivity index is 1.64. The van der Waals surface area contributed by atoms with Gasteiger partial charge in [0.25, 0.3) is 0 Å². The van der Waals surface area contributed by atoms with Crippen LogP contribution in [0.2, 0.25) is 0 Å². The number of hydrogen-bond donors (Lipinski definition) is 1. The third kappa shape index (κ3) is 2.70. The molecule has 0 atom stereocenters. The predicted molar refractivity (Wildman–Crippen MR) is 117 cm³/mol. The molecule has 1 aliphatic rings. The third-order valence-corrected chi connectivity index (χ3v) is 5.58. The van der Waals surface area contributed by atoms with Crippen LogP contribution in [-0.2, 0) is 0 Å². The van der Waals surface area contributed by atoms with Crippen molar-refractivity contribution in [2.45, 2.75) is 0 Å². The fourth-order valence-electron chi connectivity index (χ4n) is 4.05. The van der Waals surface area contributed by atoms with Crippen molar-refractivity contribution in [3.05, 3.63) is 114 Å². The zero-order valence-corrected chi connectivity index (χ0v) is 16.0. The molecule has 138 valence electrons. The molecule has 0 aliphatic carbocycles. The van der Waals surface area contributed by atoms with Gasteiger partial charge in [-0.15, -0.1) is 0 Å². The van der Waals surface area contributed by atoms with Gasteiger partial charge in [-0.05, 0) is 42.3 Å². The van der Waals surface area contributed by atoms with E-state index in [0.29, 0.717) is 4.48 Å². The SMILES string of the molecule is C[N+]1(c2ccc(C#Cc3ccc[nH]3)cc2)c2ccccc2C(=O)c2ccccc21. The summed E-state index contributed by atoms with van der Waals surface area (Å²) in [6, 6.07) is 27.9. The van der Waals surface area contributed by atoms with Gasteiger partial charge in [0.1, 0.15) is 5.69 Å². The van der Waals surface area contributed by atoms with Crippen molar-refractivity contribution in [1.29, 1.82) is 0 Å². The molecule has 5 rings (SSSR count). The van der Waals surface area contributed by atoms with Gasteiger partial charge in [0, 0.05) is 36.0 Å². The number of carbonyl (C=O) groups excluding carboxylic acids is 1. The molecule has 0 fully saturated rings. The number of rotatable bonds is 1. The summed E-state index contributed by atoms with van der Waals surface area (Å²) >= 11 is 0. The van der Waals surface area contributed by atoms with Crippen LogP contribution in [0.1, 0.15) is 27.2 Å². The van der Waals surface area contributed by atoms with E-state index in [1.807, 2.05) is 79.0 Å². The first-order valence-corrected chi connectivity index (χ1v) is 9.54. The molecule has 1 aliphatic heterocycles. The number of para-hydroxylation sites is 2. The summed E-state index contributed by atoms with van der Waals surface area (Å²) in [5, 5.41) is 0. The number of ketones is 1. The van der Waals surface area contributed by atoms with E-state index in [1.54, 1.807) is 0 Å². The van der Waals surface area contributed by atoms with Crippen LogP contribution in [0, 0.1) is 11.8 Å². The highest BCUT2D eigenvalue weighted by molar-refractivity contribution is 6.18. The summed E-state index contributed by atoms with van der Waals surface area (Å²) in [7, 11) is 2.14. The Bertz CT molecular complexity index is 1220. The maximum Gasteiger partial charge on any atom is 0.205 e. The minimum absolute atomic E-state index is 0.0836. The van der Waals surface area contributed by atoms with Crippen molar-refractivity contribution in [3.63, 3.8) is 0 Å². The first kappa shape index (κ1) is 17.2. The summed E-state index contributed by atoms with van der Waals surface area (Å²) in [5.41, 5.74) is 6.41. The van der Waals surface area contributed by atoms with Gasteiger partial charge in [-0.25, -0.2) is 4.48 Å². The van der Waals surface area contributed by atoms with Crippen molar-refractivity contribution in [2.24, 2.45) is 0 Å². The Labute approximate surface area is 169 Å². The summed E-state index contributed by atoms with van der Waals surface area (Å²) in [4.78, 5) is 16.1. The van der Waals surface area contributed by atoms with Crippen LogP contribution >= 0.6 is 0 Å². The van der Waals surface area contributed by atoms with Crippen LogP contribution in [0.5, 0.6) is 0 Å². The zero-order chi connectivity index (χ0) is 19.8. The molecule has 0 saturated heterocycles. The van der Waals surface area contributed by atoms with Crippen LogP contribution in [0.15, 0.2) is 91.1 Å². The number of hydrogen-bond acceptors (Lipinski definition) is 1. The molecule has 0 bridgehead atoms. The molecule has 0 unspecified atom stereocenters. The fourth-order valence-corrected chi connectivity index (χ4v) is 4.05. The lowest BCUT2D eigenvalue weighted by Crippen LogP contribution is -2.39. The quantitative estimate of drug-likeness (QED) is 0.343. The molecule has 3 heteroatoms. The second-order valence-corrected chi connectivity index (χ2v) is 7.25. The van der Waals surface area contributed by atoms with Gasteiger partial charge in [0.05, 0.1) is 23.9 Å². The number of benzene rings is 3. The number of H-pyrrole nitrogens is 1. The maximum absolute atomic E-state index is 13.0. The molecule has 0 saturated carbocycles. The van der Waals surface area contributed by atoms with E-state index in [9.17, 15) is 4.79 Å². The van der Waals surface area contributed by atoms with Gasteiger partial charge in [0.2, 0.25) is 5.78 Å². The second-order valence-electron chi connectivity index (χ2n) is 7.25. The fraction of sp³-hybridized carbons (Fsp3) is 0.0385. The lowest BCUT2D eigenvalue weighted by molar-refractivity contribution is 0.103. The highest BCUT2D eigenvalue weighted by atomic mass is 16.1. The van der Waals surface area contributed by atoms with Gasteiger partial charge in [-0.3, -0.25) is 4.79 Å². The van der Waals surface area contributed by atoms with E-state index >= 15 is 0 Å². The molecule has 4 aromatic rings. The molecule has 1 N–H and O–H groups in total. The molecule has 0 amide bonds. The van der Waals surface area contributed by atoms with Crippen molar-refractivity contribution in [1.82, 2.24) is 9.47 Å². The Morgan fingerprint density at radius 1 is 0.724 bits per heavy atom. The maximum atomic E-state index is 13.0. The molecule has 29 heavy (non-hydrogen) atoms. The Morgan fingerprint density at radius 3 is 1.93 bits per heavy atom. The monoisotopic (exact) mass is 375 g/mol. The largest absolute Gasteiger partial charge is 0.355 e. The molecule has 2 heterocycles. The second kappa shape index (κ2) is 6.63. The van der Waals surface area contributed by atoms with E-state index in [1.165, 1.54) is 0 Å². The normalized spacial score (nSPS) is 13.8. The molecular weight excluding hydrogens is 356 g/mol. The first-order valence-electron chi connectivity index (χ1n) is 9.54. The summed E-state index contributed by atoms with van der Waals surface area (Å²) in [6.07, 6.45) is 1.87. The highest BCUT2D eigenvalue weighted by Crippen LogP contribution is 2.49. The van der Waals surface area contributed by atoms with E-state index in [-0.39, 0.29) is 5.78 Å². The molecule has 3 aromatic carbocycles. The van der Waals surface area contributed by atoms with E-state index in [4.69, 9.17) is 0 Å². The van der Waals surface area contributed by atoms with Gasteiger partial charge in [-0.2, -0.15) is 0 Å². The predicted octanol–water partition coefficient (Wildman–Crippen LogP) is 5.56. The lowest BCUT2D eigenvalue weighted by Gasteiger charge is -2.38. The van der Waals surface area contributed by atoms with Gasteiger partial charge < -0.3 is 4.98 Å². The number of nitrogens with zero attached hydrogens (tertiary/aromatic N) is 1. The number of fused-ring (bicyclic) bond motifs is 2. The van der Waals surface area contributed by atoms with Crippen LogP contribution in [0.3, 0.4) is 0 Å². The van der Waals surface area contributed by atoms with Gasteiger partial charge in [0.15, 0.2) is 11.4 Å². The Kier molecular flexibility index (Phi) is 3.94. The van der Waals surface area contributed by atoms with Crippen molar-refractivity contribution < 1.29 is 4.79 Å². The Morgan fingerprint density at radius 2 is 1.34 bits per heavy atom. The average molecular weight is 375 g/mol. The Hall–Kier alpha value is -3.87. The van der Waals surface area contributed by atoms with E-state index < -0.39 is 0 Å². The number of quaternary nitrogens is 1. The third-order valence-electron chi connectivity index (χ3n) is 5.58. The number of nitrogens with one attached hydrogen (secondary N) is 1. The van der Waals surface area contributed by atoms with Crippen molar-refractivity contribution in [3.8, 4) is 11.8 Å².